The van der Waals surface area contributed by atoms with Crippen molar-refractivity contribution in [1.82, 2.24) is 0 Å². The van der Waals surface area contributed by atoms with Gasteiger partial charge in [-0.05, 0) is 47.9 Å². The molecule has 0 radical (unpaired) electrons. The second-order valence-corrected chi connectivity index (χ2v) is 6.78. The molecule has 2 rings (SSSR count). The summed E-state index contributed by atoms with van der Waals surface area (Å²) < 4.78 is 0. The van der Waals surface area contributed by atoms with Gasteiger partial charge in [-0.3, -0.25) is 0 Å². The van der Waals surface area contributed by atoms with Gasteiger partial charge < -0.3 is 0 Å². The molecule has 1 unspecified atom stereocenters. The molecule has 0 heteroatoms. The van der Waals surface area contributed by atoms with E-state index >= 15 is 0 Å². The van der Waals surface area contributed by atoms with Crippen molar-refractivity contribution in [3.63, 3.8) is 0 Å². The Hall–Kier alpha value is -1.82. The molecular weight excluding hydrogens is 288 g/mol. The second-order valence-electron chi connectivity index (χ2n) is 6.78. The van der Waals surface area contributed by atoms with E-state index < -0.39 is 0 Å². The Bertz CT molecular complexity index is 635. The standard InChI is InChI=1S/C24H32/c1-5-9-12-21-13-10-14-23(19-21)24(7-3,8-4)22-17-15-20(11-6-2)16-18-22/h7,10,13-19H,3,5-6,8-9,11-12H2,1-2,4H3. The summed E-state index contributed by atoms with van der Waals surface area (Å²) in [7, 11) is 0. The van der Waals surface area contributed by atoms with Crippen LogP contribution in [0.5, 0.6) is 0 Å². The fourth-order valence-corrected chi connectivity index (χ4v) is 3.60. The van der Waals surface area contributed by atoms with Crippen LogP contribution in [0.1, 0.15) is 68.7 Å². The van der Waals surface area contributed by atoms with Crippen LogP contribution < -0.4 is 0 Å². The molecule has 0 N–H and O–H groups in total. The molecule has 0 heterocycles. The first kappa shape index (κ1) is 18.5. The van der Waals surface area contributed by atoms with Crippen LogP contribution in [-0.2, 0) is 18.3 Å². The van der Waals surface area contributed by atoms with E-state index in [0.717, 1.165) is 19.3 Å². The van der Waals surface area contributed by atoms with E-state index in [9.17, 15) is 0 Å². The van der Waals surface area contributed by atoms with E-state index in [-0.39, 0.29) is 5.41 Å². The molecule has 2 aromatic carbocycles. The number of allylic oxidation sites excluding steroid dienone is 1. The highest BCUT2D eigenvalue weighted by molar-refractivity contribution is 5.45. The lowest BCUT2D eigenvalue weighted by molar-refractivity contribution is 0.617. The molecule has 2 aromatic rings. The van der Waals surface area contributed by atoms with Gasteiger partial charge >= 0.3 is 0 Å². The maximum absolute atomic E-state index is 4.21. The average Bonchev–Trinajstić information content (AvgIpc) is 2.63. The average molecular weight is 321 g/mol. The molecule has 0 bridgehead atoms. The predicted octanol–water partition coefficient (Wildman–Crippen LogP) is 6.86. The number of hydrogen-bond donors (Lipinski definition) is 0. The summed E-state index contributed by atoms with van der Waals surface area (Å²) in [5, 5.41) is 0. The van der Waals surface area contributed by atoms with Crippen LogP contribution in [-0.4, -0.2) is 0 Å². The number of unbranched alkanes of at least 4 members (excludes halogenated alkanes) is 1. The number of aryl methyl sites for hydroxylation is 2. The summed E-state index contributed by atoms with van der Waals surface area (Å²) in [6.07, 6.45) is 9.17. The van der Waals surface area contributed by atoms with Crippen LogP contribution in [0, 0.1) is 0 Å². The van der Waals surface area contributed by atoms with Gasteiger partial charge in [0.15, 0.2) is 0 Å². The minimum absolute atomic E-state index is 0.0903. The Morgan fingerprint density at radius 3 is 2.17 bits per heavy atom. The van der Waals surface area contributed by atoms with Gasteiger partial charge in [0.25, 0.3) is 0 Å². The first-order chi connectivity index (χ1) is 11.7. The monoisotopic (exact) mass is 320 g/mol. The van der Waals surface area contributed by atoms with E-state index in [1.54, 1.807) is 0 Å². The predicted molar refractivity (Wildman–Crippen MR) is 107 cm³/mol. The van der Waals surface area contributed by atoms with E-state index in [2.05, 4.69) is 82.0 Å². The normalized spacial score (nSPS) is 13.5. The third-order valence-corrected chi connectivity index (χ3v) is 5.17. The van der Waals surface area contributed by atoms with Crippen LogP contribution in [0.2, 0.25) is 0 Å². The van der Waals surface area contributed by atoms with Crippen LogP contribution in [0.4, 0.5) is 0 Å². The Morgan fingerprint density at radius 1 is 0.833 bits per heavy atom. The molecule has 0 nitrogen and oxygen atoms in total. The molecule has 0 aliphatic heterocycles. The molecule has 128 valence electrons. The van der Waals surface area contributed by atoms with Crippen LogP contribution in [0.15, 0.2) is 61.2 Å². The highest BCUT2D eigenvalue weighted by Crippen LogP contribution is 2.37. The van der Waals surface area contributed by atoms with E-state index in [1.165, 1.54) is 41.5 Å². The quantitative estimate of drug-likeness (QED) is 0.442. The first-order valence-electron chi connectivity index (χ1n) is 9.52. The van der Waals surface area contributed by atoms with Gasteiger partial charge in [-0.25, -0.2) is 0 Å². The van der Waals surface area contributed by atoms with Crippen molar-refractivity contribution in [2.75, 3.05) is 0 Å². The highest BCUT2D eigenvalue weighted by Gasteiger charge is 2.29. The van der Waals surface area contributed by atoms with Gasteiger partial charge in [0, 0.05) is 5.41 Å². The van der Waals surface area contributed by atoms with Crippen LogP contribution in [0.3, 0.4) is 0 Å². The molecule has 0 amide bonds. The van der Waals surface area contributed by atoms with E-state index in [0.29, 0.717) is 0 Å². The molecule has 0 aliphatic rings. The second kappa shape index (κ2) is 8.87. The third kappa shape index (κ3) is 3.98. The number of hydrogen-bond acceptors (Lipinski definition) is 0. The van der Waals surface area contributed by atoms with Gasteiger partial charge in [-0.15, -0.1) is 6.58 Å². The van der Waals surface area contributed by atoms with Crippen molar-refractivity contribution < 1.29 is 0 Å². The number of benzene rings is 2. The van der Waals surface area contributed by atoms with Crippen molar-refractivity contribution in [1.29, 1.82) is 0 Å². The summed E-state index contributed by atoms with van der Waals surface area (Å²) in [6.45, 7) is 11.0. The lowest BCUT2D eigenvalue weighted by atomic mass is 9.72. The minimum Gasteiger partial charge on any atom is -0.102 e. The van der Waals surface area contributed by atoms with Crippen LogP contribution in [0.25, 0.3) is 0 Å². The van der Waals surface area contributed by atoms with Gasteiger partial charge in [0.2, 0.25) is 0 Å². The minimum atomic E-state index is -0.0903. The molecule has 1 atom stereocenters. The van der Waals surface area contributed by atoms with Crippen molar-refractivity contribution in [3.8, 4) is 0 Å². The molecule has 0 aromatic heterocycles. The fourth-order valence-electron chi connectivity index (χ4n) is 3.60. The van der Waals surface area contributed by atoms with Crippen LogP contribution >= 0.6 is 0 Å². The third-order valence-electron chi connectivity index (χ3n) is 5.17. The van der Waals surface area contributed by atoms with E-state index in [4.69, 9.17) is 0 Å². The zero-order valence-corrected chi connectivity index (χ0v) is 15.6. The molecular formula is C24H32. The summed E-state index contributed by atoms with van der Waals surface area (Å²) >= 11 is 0. The SMILES string of the molecule is C=CC(CC)(c1ccc(CCC)cc1)c1cccc(CCCC)c1. The van der Waals surface area contributed by atoms with Crippen molar-refractivity contribution in [2.45, 2.75) is 64.7 Å². The summed E-state index contributed by atoms with van der Waals surface area (Å²) in [4.78, 5) is 0. The van der Waals surface area contributed by atoms with Gasteiger partial charge in [-0.1, -0.05) is 88.2 Å². The Balaban J connectivity index is 2.41. The lowest BCUT2D eigenvalue weighted by Gasteiger charge is -2.31. The number of rotatable bonds is 9. The highest BCUT2D eigenvalue weighted by atomic mass is 14.3. The van der Waals surface area contributed by atoms with Crippen molar-refractivity contribution in [3.05, 3.63) is 83.4 Å². The molecule has 24 heavy (non-hydrogen) atoms. The smallest absolute Gasteiger partial charge is 0.0376 e. The summed E-state index contributed by atoms with van der Waals surface area (Å²) in [5.41, 5.74) is 5.50. The summed E-state index contributed by atoms with van der Waals surface area (Å²) in [6, 6.07) is 18.3. The zero-order valence-electron chi connectivity index (χ0n) is 15.6. The van der Waals surface area contributed by atoms with Gasteiger partial charge in [-0.2, -0.15) is 0 Å². The van der Waals surface area contributed by atoms with Gasteiger partial charge in [0.05, 0.1) is 0 Å². The molecule has 0 spiro atoms. The molecule has 0 aliphatic carbocycles. The maximum Gasteiger partial charge on any atom is 0.0376 e. The molecule has 0 saturated heterocycles. The lowest BCUT2D eigenvalue weighted by Crippen LogP contribution is -2.24. The molecule has 0 saturated carbocycles. The molecule has 0 fully saturated rings. The fraction of sp³-hybridized carbons (Fsp3) is 0.417. The van der Waals surface area contributed by atoms with Gasteiger partial charge in [0.1, 0.15) is 0 Å². The topological polar surface area (TPSA) is 0 Å². The Kier molecular flexibility index (Phi) is 6.85. The summed E-state index contributed by atoms with van der Waals surface area (Å²) in [5.74, 6) is 0. The van der Waals surface area contributed by atoms with E-state index in [1.807, 2.05) is 0 Å². The largest absolute Gasteiger partial charge is 0.102 e. The maximum atomic E-state index is 4.21. The Morgan fingerprint density at radius 2 is 1.58 bits per heavy atom. The van der Waals surface area contributed by atoms with Crippen molar-refractivity contribution in [2.24, 2.45) is 0 Å². The first-order valence-corrected chi connectivity index (χ1v) is 9.52. The Labute approximate surface area is 148 Å². The zero-order chi connectivity index (χ0) is 17.4. The van der Waals surface area contributed by atoms with Crippen molar-refractivity contribution >= 4 is 0 Å².